The van der Waals surface area contributed by atoms with Crippen LogP contribution in [-0.4, -0.2) is 36.9 Å². The van der Waals surface area contributed by atoms with E-state index < -0.39 is 24.7 Å². The molecule has 4 heteroatoms. The Kier molecular flexibility index (Phi) is 2.81. The molecular formula is C7H13FO3. The summed E-state index contributed by atoms with van der Waals surface area (Å²) >= 11 is 0. The maximum absolute atomic E-state index is 13.0. The molecule has 11 heavy (non-hydrogen) atoms. The largest absolute Gasteiger partial charge is 0.385 e. The Bertz CT molecular complexity index is 113. The molecule has 1 fully saturated rings. The summed E-state index contributed by atoms with van der Waals surface area (Å²) in [6.45, 7) is 1.81. The number of rotatable bonds is 2. The second-order valence-electron chi connectivity index (χ2n) is 2.62. The number of alkyl halides is 1. The van der Waals surface area contributed by atoms with E-state index in [2.05, 4.69) is 0 Å². The Morgan fingerprint density at radius 1 is 1.64 bits per heavy atom. The lowest BCUT2D eigenvalue weighted by atomic mass is 10.1. The molecule has 0 aromatic heterocycles. The van der Waals surface area contributed by atoms with Crippen LogP contribution in [0.5, 0.6) is 0 Å². The van der Waals surface area contributed by atoms with E-state index in [1.807, 2.05) is 6.92 Å². The molecule has 4 atom stereocenters. The first-order chi connectivity index (χ1) is 5.20. The van der Waals surface area contributed by atoms with E-state index in [0.29, 0.717) is 6.42 Å². The van der Waals surface area contributed by atoms with Crippen LogP contribution < -0.4 is 0 Å². The maximum atomic E-state index is 13.0. The van der Waals surface area contributed by atoms with Gasteiger partial charge in [0.05, 0.1) is 6.10 Å². The molecule has 1 saturated heterocycles. The molecule has 1 N–H and O–H groups in total. The summed E-state index contributed by atoms with van der Waals surface area (Å²) in [6, 6.07) is 0. The van der Waals surface area contributed by atoms with Gasteiger partial charge in [0.15, 0.2) is 12.5 Å². The zero-order valence-electron chi connectivity index (χ0n) is 6.66. The van der Waals surface area contributed by atoms with Gasteiger partial charge in [-0.2, -0.15) is 0 Å². The number of hydrogen-bond acceptors (Lipinski definition) is 3. The van der Waals surface area contributed by atoms with Crippen LogP contribution in [0.15, 0.2) is 0 Å². The van der Waals surface area contributed by atoms with Gasteiger partial charge in [-0.3, -0.25) is 0 Å². The normalized spacial score (nSPS) is 44.7. The van der Waals surface area contributed by atoms with Crippen LogP contribution in [0.25, 0.3) is 0 Å². The molecular weight excluding hydrogens is 151 g/mol. The van der Waals surface area contributed by atoms with Crippen molar-refractivity contribution in [3.05, 3.63) is 0 Å². The predicted octanol–water partition coefficient (Wildman–Crippen LogP) is 0.467. The van der Waals surface area contributed by atoms with Crippen LogP contribution >= 0.6 is 0 Å². The number of aliphatic hydroxyl groups is 1. The molecule has 3 nitrogen and oxygen atoms in total. The summed E-state index contributed by atoms with van der Waals surface area (Å²) in [7, 11) is 1.39. The van der Waals surface area contributed by atoms with Crippen molar-refractivity contribution in [2.45, 2.75) is 38.0 Å². The van der Waals surface area contributed by atoms with Gasteiger partial charge < -0.3 is 14.6 Å². The van der Waals surface area contributed by atoms with Gasteiger partial charge in [0.2, 0.25) is 0 Å². The molecule has 66 valence electrons. The fourth-order valence-electron chi connectivity index (χ4n) is 1.21. The standard InChI is InChI=1S/C7H13FO3/c1-3-4-5(8)6(9)7(10-2)11-4/h4-7,9H,3H2,1-2H3/t4-,5+,6?,7+/m1/s1. The molecule has 0 aliphatic carbocycles. The first kappa shape index (κ1) is 8.90. The molecule has 0 radical (unpaired) electrons. The molecule has 0 aromatic carbocycles. The molecule has 0 bridgehead atoms. The zero-order chi connectivity index (χ0) is 8.43. The average molecular weight is 164 g/mol. The topological polar surface area (TPSA) is 38.7 Å². The molecule has 1 aliphatic rings. The molecule has 1 rings (SSSR count). The highest BCUT2D eigenvalue weighted by molar-refractivity contribution is 4.85. The first-order valence-electron chi connectivity index (χ1n) is 3.71. The highest BCUT2D eigenvalue weighted by Gasteiger charge is 2.43. The quantitative estimate of drug-likeness (QED) is 0.644. The van der Waals surface area contributed by atoms with Gasteiger partial charge in [0.25, 0.3) is 0 Å². The fraction of sp³-hybridized carbons (Fsp3) is 1.00. The Morgan fingerprint density at radius 2 is 2.27 bits per heavy atom. The van der Waals surface area contributed by atoms with Crippen molar-refractivity contribution in [1.29, 1.82) is 0 Å². The smallest absolute Gasteiger partial charge is 0.186 e. The minimum Gasteiger partial charge on any atom is -0.385 e. The third-order valence-corrected chi connectivity index (χ3v) is 1.90. The minimum absolute atomic E-state index is 0.519. The van der Waals surface area contributed by atoms with E-state index in [0.717, 1.165) is 0 Å². The van der Waals surface area contributed by atoms with Crippen LogP contribution in [0.3, 0.4) is 0 Å². The van der Waals surface area contributed by atoms with E-state index in [4.69, 9.17) is 14.6 Å². The third-order valence-electron chi connectivity index (χ3n) is 1.90. The lowest BCUT2D eigenvalue weighted by Gasteiger charge is -2.10. The highest BCUT2D eigenvalue weighted by atomic mass is 19.1. The van der Waals surface area contributed by atoms with Crippen molar-refractivity contribution in [1.82, 2.24) is 0 Å². The fourth-order valence-corrected chi connectivity index (χ4v) is 1.21. The molecule has 1 unspecified atom stereocenters. The number of aliphatic hydroxyl groups excluding tert-OH is 1. The zero-order valence-corrected chi connectivity index (χ0v) is 6.66. The summed E-state index contributed by atoms with van der Waals surface area (Å²) < 4.78 is 22.7. The van der Waals surface area contributed by atoms with Gasteiger partial charge in [-0.05, 0) is 6.42 Å². The lowest BCUT2D eigenvalue weighted by molar-refractivity contribution is -0.148. The number of methoxy groups -OCH3 is 1. The number of ether oxygens (including phenoxy) is 2. The van der Waals surface area contributed by atoms with E-state index in [-0.39, 0.29) is 0 Å². The lowest BCUT2D eigenvalue weighted by Crippen LogP contribution is -2.29. The van der Waals surface area contributed by atoms with Crippen molar-refractivity contribution in [2.24, 2.45) is 0 Å². The molecule has 1 aliphatic heterocycles. The summed E-state index contributed by atoms with van der Waals surface area (Å²) in [5.74, 6) is 0. The Labute approximate surface area is 65.1 Å². The second-order valence-corrected chi connectivity index (χ2v) is 2.62. The average Bonchev–Trinajstić information content (AvgIpc) is 2.30. The second kappa shape index (κ2) is 3.47. The van der Waals surface area contributed by atoms with Crippen molar-refractivity contribution in [3.8, 4) is 0 Å². The van der Waals surface area contributed by atoms with E-state index in [9.17, 15) is 4.39 Å². The van der Waals surface area contributed by atoms with Crippen molar-refractivity contribution < 1.29 is 19.0 Å². The molecule has 0 spiro atoms. The summed E-state index contributed by atoms with van der Waals surface area (Å²) in [4.78, 5) is 0. The van der Waals surface area contributed by atoms with Crippen LogP contribution in [0.2, 0.25) is 0 Å². The highest BCUT2D eigenvalue weighted by Crippen LogP contribution is 2.25. The van der Waals surface area contributed by atoms with E-state index in [1.54, 1.807) is 0 Å². The van der Waals surface area contributed by atoms with Crippen LogP contribution in [-0.2, 0) is 9.47 Å². The van der Waals surface area contributed by atoms with Gasteiger partial charge in [-0.25, -0.2) is 4.39 Å². The summed E-state index contributed by atoms with van der Waals surface area (Å²) in [5, 5.41) is 9.13. The summed E-state index contributed by atoms with van der Waals surface area (Å²) in [6.07, 6.45) is -3.21. The molecule has 0 aromatic rings. The predicted molar refractivity (Wildman–Crippen MR) is 36.9 cm³/mol. The van der Waals surface area contributed by atoms with E-state index >= 15 is 0 Å². The van der Waals surface area contributed by atoms with E-state index in [1.165, 1.54) is 7.11 Å². The Hall–Kier alpha value is -0.190. The van der Waals surface area contributed by atoms with Crippen LogP contribution in [0.1, 0.15) is 13.3 Å². The van der Waals surface area contributed by atoms with Crippen molar-refractivity contribution in [3.63, 3.8) is 0 Å². The van der Waals surface area contributed by atoms with Gasteiger partial charge in [-0.1, -0.05) is 6.92 Å². The summed E-state index contributed by atoms with van der Waals surface area (Å²) in [5.41, 5.74) is 0. The molecule has 1 heterocycles. The molecule has 0 amide bonds. The number of hydrogen-bond donors (Lipinski definition) is 1. The van der Waals surface area contributed by atoms with Gasteiger partial charge >= 0.3 is 0 Å². The van der Waals surface area contributed by atoms with Gasteiger partial charge in [0.1, 0.15) is 6.10 Å². The van der Waals surface area contributed by atoms with Crippen molar-refractivity contribution >= 4 is 0 Å². The SMILES string of the molecule is CC[C@H]1O[C@H](OC)C(O)[C@H]1F. The van der Waals surface area contributed by atoms with Crippen LogP contribution in [0.4, 0.5) is 4.39 Å². The molecule has 0 saturated carbocycles. The third kappa shape index (κ3) is 1.52. The van der Waals surface area contributed by atoms with Gasteiger partial charge in [-0.15, -0.1) is 0 Å². The Balaban J connectivity index is 2.53. The van der Waals surface area contributed by atoms with Crippen molar-refractivity contribution in [2.75, 3.05) is 7.11 Å². The monoisotopic (exact) mass is 164 g/mol. The maximum Gasteiger partial charge on any atom is 0.186 e. The first-order valence-corrected chi connectivity index (χ1v) is 3.71. The minimum atomic E-state index is -1.31. The van der Waals surface area contributed by atoms with Gasteiger partial charge in [0, 0.05) is 7.11 Å². The van der Waals surface area contributed by atoms with Crippen LogP contribution in [0, 0.1) is 0 Å². The Morgan fingerprint density at radius 3 is 2.55 bits per heavy atom. The number of halogens is 1.